The first kappa shape index (κ1) is 15.7. The van der Waals surface area contributed by atoms with Crippen molar-refractivity contribution in [2.24, 2.45) is 5.73 Å². The second kappa shape index (κ2) is 5.78. The molecule has 1 saturated heterocycles. The molecule has 8 heteroatoms. The molecule has 23 heavy (non-hydrogen) atoms. The number of nitrogens with zero attached hydrogens (tertiary/aromatic N) is 3. The average molecular weight is 333 g/mol. The lowest BCUT2D eigenvalue weighted by Crippen LogP contribution is -2.56. The minimum absolute atomic E-state index is 0.0230. The van der Waals surface area contributed by atoms with Crippen LogP contribution in [0.3, 0.4) is 0 Å². The van der Waals surface area contributed by atoms with Crippen molar-refractivity contribution < 1.29 is 8.42 Å². The fourth-order valence-corrected chi connectivity index (χ4v) is 4.79. The van der Waals surface area contributed by atoms with Gasteiger partial charge in [0, 0.05) is 48.8 Å². The van der Waals surface area contributed by atoms with Crippen molar-refractivity contribution in [1.29, 1.82) is 5.41 Å². The Balaban J connectivity index is 2.00. The Bertz CT molecular complexity index is 847. The maximum Gasteiger partial charge on any atom is 0.244 e. The van der Waals surface area contributed by atoms with Crippen LogP contribution in [-0.2, 0) is 10.0 Å². The van der Waals surface area contributed by atoms with Gasteiger partial charge in [-0.3, -0.25) is 10.4 Å². The quantitative estimate of drug-likeness (QED) is 0.626. The summed E-state index contributed by atoms with van der Waals surface area (Å²) in [7, 11) is -3.62. The Kier molecular flexibility index (Phi) is 3.95. The van der Waals surface area contributed by atoms with Gasteiger partial charge in [0.2, 0.25) is 10.0 Å². The first-order chi connectivity index (χ1) is 10.9. The summed E-state index contributed by atoms with van der Waals surface area (Å²) in [5.41, 5.74) is 5.50. The number of guanidine groups is 1. The molecule has 2 heterocycles. The Labute approximate surface area is 135 Å². The number of fused-ring (bicyclic) bond motifs is 1. The van der Waals surface area contributed by atoms with Crippen LogP contribution in [0.4, 0.5) is 0 Å². The number of pyridine rings is 1. The summed E-state index contributed by atoms with van der Waals surface area (Å²) in [5, 5.41) is 8.97. The molecule has 0 aliphatic carbocycles. The number of hydrogen-bond acceptors (Lipinski definition) is 4. The molecule has 1 unspecified atom stereocenters. The zero-order valence-electron chi connectivity index (χ0n) is 12.8. The van der Waals surface area contributed by atoms with Gasteiger partial charge in [0.1, 0.15) is 0 Å². The Morgan fingerprint density at radius 2 is 2.13 bits per heavy atom. The van der Waals surface area contributed by atoms with Gasteiger partial charge in [0.25, 0.3) is 0 Å². The van der Waals surface area contributed by atoms with E-state index in [4.69, 9.17) is 11.1 Å². The number of piperazine rings is 1. The van der Waals surface area contributed by atoms with E-state index in [9.17, 15) is 8.42 Å². The maximum atomic E-state index is 13.1. The van der Waals surface area contributed by atoms with Gasteiger partial charge in [-0.1, -0.05) is 12.1 Å². The molecule has 0 spiro atoms. The van der Waals surface area contributed by atoms with Crippen LogP contribution in [0.1, 0.15) is 6.92 Å². The zero-order valence-corrected chi connectivity index (χ0v) is 13.6. The molecular weight excluding hydrogens is 314 g/mol. The summed E-state index contributed by atoms with van der Waals surface area (Å²) in [6.45, 7) is 2.98. The van der Waals surface area contributed by atoms with E-state index in [2.05, 4.69) is 4.98 Å². The first-order valence-corrected chi connectivity index (χ1v) is 8.79. The van der Waals surface area contributed by atoms with Crippen molar-refractivity contribution in [2.45, 2.75) is 17.9 Å². The molecule has 0 radical (unpaired) electrons. The van der Waals surface area contributed by atoms with Gasteiger partial charge < -0.3 is 10.6 Å². The van der Waals surface area contributed by atoms with Crippen LogP contribution in [0.15, 0.2) is 41.6 Å². The van der Waals surface area contributed by atoms with Crippen molar-refractivity contribution in [2.75, 3.05) is 19.6 Å². The third-order valence-electron chi connectivity index (χ3n) is 4.13. The number of aromatic nitrogens is 1. The standard InChI is InChI=1S/C15H19N5O2S/c1-11-10-19(15(16)17)7-8-20(11)23(21,22)14-4-2-3-12-9-18-6-5-13(12)14/h2-6,9,11H,7-8,10H2,1H3,(H3,16,17). The first-order valence-electron chi connectivity index (χ1n) is 7.35. The number of hydrogen-bond donors (Lipinski definition) is 2. The number of nitrogens with one attached hydrogen (secondary N) is 1. The molecule has 1 aromatic carbocycles. The van der Waals surface area contributed by atoms with E-state index in [-0.39, 0.29) is 12.0 Å². The molecule has 1 fully saturated rings. The van der Waals surface area contributed by atoms with E-state index < -0.39 is 10.0 Å². The van der Waals surface area contributed by atoms with Crippen LogP contribution >= 0.6 is 0 Å². The highest BCUT2D eigenvalue weighted by Gasteiger charge is 2.34. The predicted octanol–water partition coefficient (Wildman–Crippen LogP) is 0.823. The SMILES string of the molecule is CC1CN(C(=N)N)CCN1S(=O)(=O)c1cccc2cnccc12. The highest BCUT2D eigenvalue weighted by Crippen LogP contribution is 2.27. The number of rotatable bonds is 2. The lowest BCUT2D eigenvalue weighted by atomic mass is 10.2. The molecule has 0 bridgehead atoms. The topological polar surface area (TPSA) is 103 Å². The normalized spacial score (nSPS) is 19.9. The Morgan fingerprint density at radius 1 is 1.35 bits per heavy atom. The highest BCUT2D eigenvalue weighted by atomic mass is 32.2. The molecule has 0 saturated carbocycles. The van der Waals surface area contributed by atoms with Gasteiger partial charge in [0.15, 0.2) is 5.96 Å². The van der Waals surface area contributed by atoms with Crippen molar-refractivity contribution in [3.63, 3.8) is 0 Å². The van der Waals surface area contributed by atoms with E-state index in [0.717, 1.165) is 5.39 Å². The van der Waals surface area contributed by atoms with Crippen molar-refractivity contribution in [3.8, 4) is 0 Å². The van der Waals surface area contributed by atoms with Crippen LogP contribution in [0.25, 0.3) is 10.8 Å². The second-order valence-electron chi connectivity index (χ2n) is 5.65. The Hall–Kier alpha value is -2.19. The van der Waals surface area contributed by atoms with Crippen molar-refractivity contribution >= 4 is 26.8 Å². The summed E-state index contributed by atoms with van der Waals surface area (Å²) in [6.07, 6.45) is 3.25. The number of sulfonamides is 1. The molecular formula is C15H19N5O2S. The minimum atomic E-state index is -3.62. The molecule has 1 aromatic heterocycles. The van der Waals surface area contributed by atoms with Gasteiger partial charge in [-0.25, -0.2) is 8.42 Å². The van der Waals surface area contributed by atoms with Crippen LogP contribution in [0.5, 0.6) is 0 Å². The molecule has 122 valence electrons. The molecule has 3 N–H and O–H groups in total. The molecule has 3 rings (SSSR count). The minimum Gasteiger partial charge on any atom is -0.370 e. The molecule has 1 aliphatic rings. The van der Waals surface area contributed by atoms with E-state index in [1.165, 1.54) is 4.31 Å². The molecule has 7 nitrogen and oxygen atoms in total. The summed E-state index contributed by atoms with van der Waals surface area (Å²) in [6, 6.07) is 6.67. The zero-order chi connectivity index (χ0) is 16.6. The van der Waals surface area contributed by atoms with Gasteiger partial charge in [0.05, 0.1) is 4.90 Å². The summed E-state index contributed by atoms with van der Waals surface area (Å²) >= 11 is 0. The van der Waals surface area contributed by atoms with E-state index in [1.807, 2.05) is 13.0 Å². The second-order valence-corrected chi connectivity index (χ2v) is 7.51. The van der Waals surface area contributed by atoms with Crippen LogP contribution in [-0.4, -0.2) is 54.2 Å². The Morgan fingerprint density at radius 3 is 2.83 bits per heavy atom. The fraction of sp³-hybridized carbons (Fsp3) is 0.333. The molecule has 0 amide bonds. The van der Waals surface area contributed by atoms with E-state index >= 15 is 0 Å². The maximum absolute atomic E-state index is 13.1. The third-order valence-corrected chi connectivity index (χ3v) is 6.21. The lowest BCUT2D eigenvalue weighted by Gasteiger charge is -2.39. The van der Waals surface area contributed by atoms with Crippen LogP contribution in [0, 0.1) is 5.41 Å². The molecule has 1 atom stereocenters. The fourth-order valence-electron chi connectivity index (χ4n) is 2.96. The van der Waals surface area contributed by atoms with Crippen LogP contribution in [0.2, 0.25) is 0 Å². The molecule has 1 aliphatic heterocycles. The van der Waals surface area contributed by atoms with E-state index in [0.29, 0.717) is 29.9 Å². The number of benzene rings is 1. The van der Waals surface area contributed by atoms with Gasteiger partial charge in [-0.2, -0.15) is 4.31 Å². The summed E-state index contributed by atoms with van der Waals surface area (Å²) < 4.78 is 27.7. The van der Waals surface area contributed by atoms with Gasteiger partial charge in [-0.15, -0.1) is 0 Å². The summed E-state index contributed by atoms with van der Waals surface area (Å²) in [5.74, 6) is -0.0230. The smallest absolute Gasteiger partial charge is 0.244 e. The highest BCUT2D eigenvalue weighted by molar-refractivity contribution is 7.89. The lowest BCUT2D eigenvalue weighted by molar-refractivity contribution is 0.203. The largest absolute Gasteiger partial charge is 0.370 e. The van der Waals surface area contributed by atoms with E-state index in [1.54, 1.807) is 35.5 Å². The number of nitrogens with two attached hydrogens (primary N) is 1. The van der Waals surface area contributed by atoms with Gasteiger partial charge in [-0.05, 0) is 19.1 Å². The van der Waals surface area contributed by atoms with Crippen LogP contribution < -0.4 is 5.73 Å². The van der Waals surface area contributed by atoms with Crippen molar-refractivity contribution in [1.82, 2.24) is 14.2 Å². The summed E-state index contributed by atoms with van der Waals surface area (Å²) in [4.78, 5) is 6.02. The monoisotopic (exact) mass is 333 g/mol. The van der Waals surface area contributed by atoms with Crippen molar-refractivity contribution in [3.05, 3.63) is 36.7 Å². The van der Waals surface area contributed by atoms with Gasteiger partial charge >= 0.3 is 0 Å². The predicted molar refractivity (Wildman–Crippen MR) is 88.6 cm³/mol. The third kappa shape index (κ3) is 2.75. The molecule has 2 aromatic rings. The average Bonchev–Trinajstić information content (AvgIpc) is 2.53.